The molecule has 1 aromatic carbocycles. The second kappa shape index (κ2) is 4.56. The summed E-state index contributed by atoms with van der Waals surface area (Å²) >= 11 is 0.628. The molecule has 0 spiro atoms. The Morgan fingerprint density at radius 1 is 1.27 bits per heavy atom. The molecule has 0 amide bonds. The quantitative estimate of drug-likeness (QED) is 0.349. The summed E-state index contributed by atoms with van der Waals surface area (Å²) in [6.45, 7) is -4.82. The monoisotopic (exact) mass is 236 g/mol. The van der Waals surface area contributed by atoms with E-state index in [9.17, 15) is 23.1 Å². The summed E-state index contributed by atoms with van der Waals surface area (Å²) in [7, 11) is 0. The molecule has 0 heterocycles. The van der Waals surface area contributed by atoms with Crippen molar-refractivity contribution in [3.05, 3.63) is 34.4 Å². The molecule has 3 nitrogen and oxygen atoms in total. The van der Waals surface area contributed by atoms with Crippen molar-refractivity contribution in [1.82, 2.24) is 0 Å². The zero-order chi connectivity index (χ0) is 11.5. The van der Waals surface area contributed by atoms with Gasteiger partial charge in [-0.1, -0.05) is 0 Å². The van der Waals surface area contributed by atoms with Crippen molar-refractivity contribution >= 4 is 24.4 Å². The molecular formula is C7H6BF3NO2S-. The normalized spacial score (nSPS) is 11.4. The van der Waals surface area contributed by atoms with E-state index < -0.39 is 17.6 Å². The van der Waals surface area contributed by atoms with Gasteiger partial charge < -0.3 is 12.9 Å². The molecule has 0 atom stereocenters. The zero-order valence-electron chi connectivity index (χ0n) is 7.40. The van der Waals surface area contributed by atoms with Gasteiger partial charge in [0.1, 0.15) is 0 Å². The van der Waals surface area contributed by atoms with Gasteiger partial charge in [0.15, 0.2) is 0 Å². The molecule has 0 aliphatic carbocycles. The summed E-state index contributed by atoms with van der Waals surface area (Å²) in [6, 6.07) is 4.99. The molecule has 15 heavy (non-hydrogen) atoms. The lowest BCUT2D eigenvalue weighted by molar-refractivity contribution is -0.384. The summed E-state index contributed by atoms with van der Waals surface area (Å²) in [6.07, 6.45) is 0. The average Bonchev–Trinajstić information content (AvgIpc) is 2.14. The molecule has 1 rings (SSSR count). The number of nitro groups is 1. The molecule has 1 aromatic rings. The van der Waals surface area contributed by atoms with Crippen LogP contribution in [0.1, 0.15) is 0 Å². The predicted molar refractivity (Wildman–Crippen MR) is 52.9 cm³/mol. The molecule has 0 unspecified atom stereocenters. The SMILES string of the molecule is O=[N+]([O-])c1ccc(SC[B-](F)(F)F)cc1. The minimum atomic E-state index is -4.82. The van der Waals surface area contributed by atoms with Crippen LogP contribution in [-0.4, -0.2) is 17.6 Å². The number of benzene rings is 1. The third-order valence-corrected chi connectivity index (χ3v) is 2.64. The molecule has 0 aliphatic rings. The van der Waals surface area contributed by atoms with Crippen molar-refractivity contribution in [3.63, 3.8) is 0 Å². The van der Waals surface area contributed by atoms with Crippen molar-refractivity contribution in [2.24, 2.45) is 0 Å². The van der Waals surface area contributed by atoms with E-state index in [-0.39, 0.29) is 5.69 Å². The minimum absolute atomic E-state index is 0.128. The Labute approximate surface area is 87.9 Å². The first kappa shape index (κ1) is 11.9. The second-order valence-corrected chi connectivity index (χ2v) is 3.87. The van der Waals surface area contributed by atoms with Gasteiger partial charge in [-0.15, -0.1) is 0 Å². The highest BCUT2D eigenvalue weighted by atomic mass is 32.2. The van der Waals surface area contributed by atoms with Crippen LogP contribution < -0.4 is 0 Å². The summed E-state index contributed by atoms with van der Waals surface area (Å²) in [5, 5.41) is 10.3. The fourth-order valence-electron chi connectivity index (χ4n) is 0.855. The summed E-state index contributed by atoms with van der Waals surface area (Å²) in [5.41, 5.74) is -1.06. The lowest BCUT2D eigenvalue weighted by atomic mass is 9.98. The molecule has 0 saturated carbocycles. The number of non-ortho nitro benzene ring substituents is 1. The van der Waals surface area contributed by atoms with Crippen LogP contribution in [0, 0.1) is 10.1 Å². The van der Waals surface area contributed by atoms with Crippen LogP contribution in [0.4, 0.5) is 18.6 Å². The van der Waals surface area contributed by atoms with Crippen LogP contribution in [0.3, 0.4) is 0 Å². The Bertz CT molecular complexity index is 354. The van der Waals surface area contributed by atoms with Crippen molar-refractivity contribution in [1.29, 1.82) is 0 Å². The van der Waals surface area contributed by atoms with Gasteiger partial charge in [-0.3, -0.25) is 10.1 Å². The lowest BCUT2D eigenvalue weighted by Gasteiger charge is -2.12. The number of hydrogen-bond donors (Lipinski definition) is 0. The molecule has 82 valence electrons. The molecule has 0 N–H and O–H groups in total. The summed E-state index contributed by atoms with van der Waals surface area (Å²) in [4.78, 5) is 10.0. The zero-order valence-corrected chi connectivity index (χ0v) is 8.22. The highest BCUT2D eigenvalue weighted by Gasteiger charge is 2.22. The van der Waals surface area contributed by atoms with Crippen LogP contribution in [-0.2, 0) is 0 Å². The predicted octanol–water partition coefficient (Wildman–Crippen LogP) is 3.07. The largest absolute Gasteiger partial charge is 0.488 e. The Hall–Kier alpha value is -1.18. The highest BCUT2D eigenvalue weighted by Crippen LogP contribution is 2.25. The topological polar surface area (TPSA) is 43.1 Å². The third-order valence-electron chi connectivity index (χ3n) is 1.49. The van der Waals surface area contributed by atoms with Gasteiger partial charge in [0.05, 0.1) is 4.92 Å². The van der Waals surface area contributed by atoms with Gasteiger partial charge in [-0.05, 0) is 17.8 Å². The minimum Gasteiger partial charge on any atom is -0.448 e. The molecule has 0 fully saturated rings. The van der Waals surface area contributed by atoms with Crippen LogP contribution in [0.25, 0.3) is 0 Å². The van der Waals surface area contributed by atoms with Gasteiger partial charge in [0.2, 0.25) is 0 Å². The van der Waals surface area contributed by atoms with E-state index in [0.29, 0.717) is 16.7 Å². The molecule has 0 saturated heterocycles. The van der Waals surface area contributed by atoms with Crippen LogP contribution in [0.5, 0.6) is 0 Å². The van der Waals surface area contributed by atoms with Gasteiger partial charge >= 0.3 is 6.98 Å². The van der Waals surface area contributed by atoms with Gasteiger partial charge in [-0.25, -0.2) is 0 Å². The number of halogens is 3. The molecule has 0 radical (unpaired) electrons. The summed E-state index contributed by atoms with van der Waals surface area (Å²) < 4.78 is 35.6. The van der Waals surface area contributed by atoms with Gasteiger partial charge in [-0.2, -0.15) is 11.8 Å². The third kappa shape index (κ3) is 4.24. The Morgan fingerprint density at radius 3 is 2.20 bits per heavy atom. The van der Waals surface area contributed by atoms with Crippen molar-refractivity contribution in [2.45, 2.75) is 4.90 Å². The van der Waals surface area contributed by atoms with E-state index in [0.717, 1.165) is 0 Å². The fraction of sp³-hybridized carbons (Fsp3) is 0.143. The Morgan fingerprint density at radius 2 is 1.80 bits per heavy atom. The van der Waals surface area contributed by atoms with Crippen LogP contribution in [0.2, 0.25) is 0 Å². The van der Waals surface area contributed by atoms with Crippen molar-refractivity contribution < 1.29 is 17.9 Å². The molecule has 0 aliphatic heterocycles. The number of nitrogens with zero attached hydrogens (tertiary/aromatic N) is 1. The smallest absolute Gasteiger partial charge is 0.448 e. The Kier molecular flexibility index (Phi) is 3.62. The second-order valence-electron chi connectivity index (χ2n) is 2.77. The van der Waals surface area contributed by atoms with E-state index in [1.54, 1.807) is 0 Å². The lowest BCUT2D eigenvalue weighted by Crippen LogP contribution is -2.18. The van der Waals surface area contributed by atoms with Crippen molar-refractivity contribution in [3.8, 4) is 0 Å². The standard InChI is InChI=1S/C7H6BF3NO2S/c9-8(10,11)5-15-7-3-1-6(2-4-7)12(13)14/h1-4H,5H2/q-1. The molecule has 0 bridgehead atoms. The van der Waals surface area contributed by atoms with E-state index in [1.807, 2.05) is 0 Å². The maximum Gasteiger partial charge on any atom is 0.488 e. The number of rotatable bonds is 4. The highest BCUT2D eigenvalue weighted by molar-refractivity contribution is 8.00. The first-order valence-corrected chi connectivity index (χ1v) is 4.95. The van der Waals surface area contributed by atoms with Crippen LogP contribution >= 0.6 is 11.8 Å². The van der Waals surface area contributed by atoms with E-state index in [1.165, 1.54) is 24.3 Å². The van der Waals surface area contributed by atoms with Gasteiger partial charge in [0, 0.05) is 17.0 Å². The Balaban J connectivity index is 2.61. The molecule has 8 heteroatoms. The number of thioether (sulfide) groups is 1. The first-order chi connectivity index (χ1) is 6.88. The summed E-state index contributed by atoms with van der Waals surface area (Å²) in [5.74, 6) is 0. The maximum absolute atomic E-state index is 11.9. The van der Waals surface area contributed by atoms with E-state index in [2.05, 4.69) is 0 Å². The van der Waals surface area contributed by atoms with Crippen LogP contribution in [0.15, 0.2) is 29.2 Å². The molecular weight excluding hydrogens is 230 g/mol. The number of hydrogen-bond acceptors (Lipinski definition) is 3. The fourth-order valence-corrected chi connectivity index (χ4v) is 1.56. The van der Waals surface area contributed by atoms with E-state index in [4.69, 9.17) is 0 Å². The molecule has 0 aromatic heterocycles. The average molecular weight is 236 g/mol. The van der Waals surface area contributed by atoms with Crippen molar-refractivity contribution in [2.75, 3.05) is 5.65 Å². The van der Waals surface area contributed by atoms with E-state index >= 15 is 0 Å². The maximum atomic E-state index is 11.9. The van der Waals surface area contributed by atoms with Gasteiger partial charge in [0.25, 0.3) is 5.69 Å². The number of nitro benzene ring substituents is 1. The first-order valence-electron chi connectivity index (χ1n) is 3.97.